The van der Waals surface area contributed by atoms with E-state index in [-0.39, 0.29) is 23.7 Å². The summed E-state index contributed by atoms with van der Waals surface area (Å²) in [6, 6.07) is 6.90. The lowest BCUT2D eigenvalue weighted by Crippen LogP contribution is -2.54. The molecule has 2 aliphatic heterocycles. The predicted molar refractivity (Wildman–Crippen MR) is 98.5 cm³/mol. The first-order chi connectivity index (χ1) is 12.5. The summed E-state index contributed by atoms with van der Waals surface area (Å²) in [6.07, 6.45) is 1.95. The number of piperidine rings is 1. The van der Waals surface area contributed by atoms with Crippen molar-refractivity contribution in [2.45, 2.75) is 25.8 Å². The topological polar surface area (TPSA) is 55.9 Å². The molecule has 7 heteroatoms. The molecule has 2 heterocycles. The van der Waals surface area contributed by atoms with Crippen LogP contribution in [0.5, 0.6) is 0 Å². The number of para-hydroxylation sites is 1. The molecule has 0 aliphatic carbocycles. The Balaban J connectivity index is 1.48. The number of piperazine rings is 1. The lowest BCUT2D eigenvalue weighted by atomic mass is 10.1. The molecular formula is C19H27FN4O2. The Kier molecular flexibility index (Phi) is 6.08. The Labute approximate surface area is 153 Å². The van der Waals surface area contributed by atoms with Gasteiger partial charge >= 0.3 is 0 Å². The molecule has 0 saturated carbocycles. The number of carbonyl (C=O) groups excluding carboxylic acids is 2. The average molecular weight is 362 g/mol. The molecule has 1 aromatic rings. The van der Waals surface area contributed by atoms with Gasteiger partial charge < -0.3 is 15.1 Å². The van der Waals surface area contributed by atoms with Gasteiger partial charge in [0.1, 0.15) is 5.82 Å². The van der Waals surface area contributed by atoms with Crippen molar-refractivity contribution in [2.75, 3.05) is 50.7 Å². The number of rotatable bonds is 4. The monoisotopic (exact) mass is 362 g/mol. The molecular weight excluding hydrogens is 335 g/mol. The molecule has 142 valence electrons. The van der Waals surface area contributed by atoms with Crippen LogP contribution in [-0.4, -0.2) is 73.5 Å². The number of carbonyl (C=O) groups is 2. The molecule has 1 unspecified atom stereocenters. The fraction of sp³-hybridized carbons (Fsp3) is 0.579. The fourth-order valence-electron chi connectivity index (χ4n) is 3.80. The smallest absolute Gasteiger partial charge is 0.236 e. The molecule has 0 spiro atoms. The molecule has 0 aromatic heterocycles. The van der Waals surface area contributed by atoms with Crippen LogP contribution in [-0.2, 0) is 9.59 Å². The van der Waals surface area contributed by atoms with E-state index in [0.717, 1.165) is 25.9 Å². The van der Waals surface area contributed by atoms with Crippen LogP contribution in [0.1, 0.15) is 19.8 Å². The average Bonchev–Trinajstić information content (AvgIpc) is 2.62. The summed E-state index contributed by atoms with van der Waals surface area (Å²) >= 11 is 0. The van der Waals surface area contributed by atoms with Gasteiger partial charge in [0.15, 0.2) is 0 Å². The van der Waals surface area contributed by atoms with E-state index in [2.05, 4.69) is 10.2 Å². The van der Waals surface area contributed by atoms with Crippen molar-refractivity contribution >= 4 is 17.5 Å². The standard InChI is InChI=1S/C19H27FN4O2/c1-15(25)21-16-5-4-8-22(13-16)14-19(26)24-11-9-23(10-12-24)18-7-3-2-6-17(18)20/h2-3,6-7,16H,4-5,8-14H2,1H3,(H,21,25). The minimum atomic E-state index is -0.218. The van der Waals surface area contributed by atoms with Gasteiger partial charge in [0.25, 0.3) is 0 Å². The lowest BCUT2D eigenvalue weighted by molar-refractivity contribution is -0.133. The second kappa shape index (κ2) is 8.49. The first kappa shape index (κ1) is 18.6. The van der Waals surface area contributed by atoms with Crippen molar-refractivity contribution in [1.29, 1.82) is 0 Å². The highest BCUT2D eigenvalue weighted by Crippen LogP contribution is 2.20. The molecule has 6 nitrogen and oxygen atoms in total. The van der Waals surface area contributed by atoms with E-state index in [1.807, 2.05) is 15.9 Å². The predicted octanol–water partition coefficient (Wildman–Crippen LogP) is 1.07. The van der Waals surface area contributed by atoms with Crippen LogP contribution < -0.4 is 10.2 Å². The normalized spacial score (nSPS) is 21.5. The third kappa shape index (κ3) is 4.72. The Morgan fingerprint density at radius 2 is 1.88 bits per heavy atom. The number of halogens is 1. The minimum absolute atomic E-state index is 0.0209. The molecule has 1 N–H and O–H groups in total. The van der Waals surface area contributed by atoms with Gasteiger partial charge in [-0.2, -0.15) is 0 Å². The van der Waals surface area contributed by atoms with Gasteiger partial charge in [-0.05, 0) is 31.5 Å². The molecule has 3 rings (SSSR count). The summed E-state index contributed by atoms with van der Waals surface area (Å²) in [5.41, 5.74) is 0.605. The van der Waals surface area contributed by atoms with Crippen molar-refractivity contribution in [3.8, 4) is 0 Å². The number of nitrogens with zero attached hydrogens (tertiary/aromatic N) is 3. The quantitative estimate of drug-likeness (QED) is 0.871. The largest absolute Gasteiger partial charge is 0.366 e. The van der Waals surface area contributed by atoms with Crippen LogP contribution in [0.15, 0.2) is 24.3 Å². The van der Waals surface area contributed by atoms with Gasteiger partial charge in [-0.25, -0.2) is 4.39 Å². The summed E-state index contributed by atoms with van der Waals surface area (Å²) < 4.78 is 13.9. The van der Waals surface area contributed by atoms with E-state index in [4.69, 9.17) is 0 Å². The molecule has 0 radical (unpaired) electrons. The number of likely N-dealkylation sites (tertiary alicyclic amines) is 1. The summed E-state index contributed by atoms with van der Waals surface area (Å²) in [7, 11) is 0. The Hall–Kier alpha value is -2.15. The number of benzene rings is 1. The summed E-state index contributed by atoms with van der Waals surface area (Å²) in [6.45, 7) is 6.01. The van der Waals surface area contributed by atoms with Crippen LogP contribution in [0.2, 0.25) is 0 Å². The van der Waals surface area contributed by atoms with Gasteiger partial charge in [0.05, 0.1) is 12.2 Å². The van der Waals surface area contributed by atoms with E-state index in [0.29, 0.717) is 38.4 Å². The first-order valence-electron chi connectivity index (χ1n) is 9.29. The van der Waals surface area contributed by atoms with E-state index in [9.17, 15) is 14.0 Å². The van der Waals surface area contributed by atoms with Crippen molar-refractivity contribution in [3.63, 3.8) is 0 Å². The molecule has 2 saturated heterocycles. The van der Waals surface area contributed by atoms with Crippen LogP contribution in [0.4, 0.5) is 10.1 Å². The van der Waals surface area contributed by atoms with Crippen molar-refractivity contribution in [3.05, 3.63) is 30.1 Å². The van der Waals surface area contributed by atoms with E-state index in [1.54, 1.807) is 12.1 Å². The van der Waals surface area contributed by atoms with Crippen LogP contribution in [0.25, 0.3) is 0 Å². The van der Waals surface area contributed by atoms with Crippen LogP contribution in [0.3, 0.4) is 0 Å². The van der Waals surface area contributed by atoms with Crippen molar-refractivity contribution in [1.82, 2.24) is 15.1 Å². The summed E-state index contributed by atoms with van der Waals surface area (Å²) in [5.74, 6) is -0.126. The third-order valence-corrected chi connectivity index (χ3v) is 5.10. The number of amides is 2. The summed E-state index contributed by atoms with van der Waals surface area (Å²) in [4.78, 5) is 29.8. The molecule has 2 amide bonds. The SMILES string of the molecule is CC(=O)NC1CCCN(CC(=O)N2CCN(c3ccccc3F)CC2)C1. The van der Waals surface area contributed by atoms with Crippen molar-refractivity contribution in [2.24, 2.45) is 0 Å². The van der Waals surface area contributed by atoms with E-state index < -0.39 is 0 Å². The van der Waals surface area contributed by atoms with Crippen LogP contribution >= 0.6 is 0 Å². The second-order valence-electron chi connectivity index (χ2n) is 7.09. The maximum Gasteiger partial charge on any atom is 0.236 e. The third-order valence-electron chi connectivity index (χ3n) is 5.10. The van der Waals surface area contributed by atoms with Gasteiger partial charge in [0.2, 0.25) is 11.8 Å². The number of hydrogen-bond acceptors (Lipinski definition) is 4. The molecule has 2 aliphatic rings. The second-order valence-corrected chi connectivity index (χ2v) is 7.09. The highest BCUT2D eigenvalue weighted by Gasteiger charge is 2.26. The zero-order valence-electron chi connectivity index (χ0n) is 15.3. The number of nitrogens with one attached hydrogen (secondary N) is 1. The molecule has 1 atom stereocenters. The molecule has 1 aromatic carbocycles. The van der Waals surface area contributed by atoms with E-state index in [1.165, 1.54) is 13.0 Å². The highest BCUT2D eigenvalue weighted by atomic mass is 19.1. The maximum atomic E-state index is 13.9. The Morgan fingerprint density at radius 1 is 1.15 bits per heavy atom. The lowest BCUT2D eigenvalue weighted by Gasteiger charge is -2.38. The van der Waals surface area contributed by atoms with Gasteiger partial charge in [0, 0.05) is 45.7 Å². The minimum Gasteiger partial charge on any atom is -0.366 e. The van der Waals surface area contributed by atoms with Gasteiger partial charge in [-0.1, -0.05) is 12.1 Å². The maximum absolute atomic E-state index is 13.9. The molecule has 0 bridgehead atoms. The van der Waals surface area contributed by atoms with Gasteiger partial charge in [-0.15, -0.1) is 0 Å². The van der Waals surface area contributed by atoms with E-state index >= 15 is 0 Å². The first-order valence-corrected chi connectivity index (χ1v) is 9.29. The zero-order valence-corrected chi connectivity index (χ0v) is 15.3. The number of hydrogen-bond donors (Lipinski definition) is 1. The highest BCUT2D eigenvalue weighted by molar-refractivity contribution is 5.78. The Bertz CT molecular complexity index is 646. The summed E-state index contributed by atoms with van der Waals surface area (Å²) in [5, 5.41) is 2.95. The van der Waals surface area contributed by atoms with Crippen molar-refractivity contribution < 1.29 is 14.0 Å². The molecule has 26 heavy (non-hydrogen) atoms. The zero-order chi connectivity index (χ0) is 18.5. The fourth-order valence-corrected chi connectivity index (χ4v) is 3.80. The molecule has 2 fully saturated rings. The van der Waals surface area contributed by atoms with Crippen LogP contribution in [0, 0.1) is 5.82 Å². The number of anilines is 1. The van der Waals surface area contributed by atoms with Gasteiger partial charge in [-0.3, -0.25) is 14.5 Å². The Morgan fingerprint density at radius 3 is 2.58 bits per heavy atom.